The molecule has 1 N–H and O–H groups in total. The Balaban J connectivity index is 1.62. The van der Waals surface area contributed by atoms with E-state index in [0.29, 0.717) is 5.56 Å². The highest BCUT2D eigenvalue weighted by molar-refractivity contribution is 6.00. The van der Waals surface area contributed by atoms with Crippen molar-refractivity contribution in [1.29, 1.82) is 0 Å². The third-order valence-electron chi connectivity index (χ3n) is 9.47. The van der Waals surface area contributed by atoms with Crippen molar-refractivity contribution in [2.75, 3.05) is 14.2 Å². The van der Waals surface area contributed by atoms with Crippen molar-refractivity contribution in [3.63, 3.8) is 0 Å². The maximum atomic E-state index is 14.1. The highest BCUT2D eigenvalue weighted by Crippen LogP contribution is 2.57. The van der Waals surface area contributed by atoms with Gasteiger partial charge in [-0.05, 0) is 101 Å². The fourth-order valence-corrected chi connectivity index (χ4v) is 6.88. The number of carbonyl (C=O) groups excluding carboxylic acids is 1. The van der Waals surface area contributed by atoms with Crippen LogP contribution in [0, 0.1) is 0 Å². The Morgan fingerprint density at radius 3 is 2.46 bits per heavy atom. The van der Waals surface area contributed by atoms with Crippen molar-refractivity contribution in [3.05, 3.63) is 52.6 Å². The van der Waals surface area contributed by atoms with Crippen LogP contribution in [0.3, 0.4) is 0 Å². The summed E-state index contributed by atoms with van der Waals surface area (Å²) in [6.07, 6.45) is 8.92. The first-order chi connectivity index (χ1) is 16.5. The number of fused-ring (bicyclic) bond motifs is 2. The van der Waals surface area contributed by atoms with Gasteiger partial charge in [0.25, 0.3) is 5.91 Å². The number of hydrogen-bond acceptors (Lipinski definition) is 3. The Morgan fingerprint density at radius 2 is 1.86 bits per heavy atom. The van der Waals surface area contributed by atoms with Gasteiger partial charge >= 0.3 is 6.18 Å². The number of nitrogens with zero attached hydrogens (tertiary/aromatic N) is 1. The second kappa shape index (κ2) is 8.12. The van der Waals surface area contributed by atoms with Gasteiger partial charge in [-0.25, -0.2) is 0 Å². The number of halogens is 3. The molecule has 3 fully saturated rings. The Kier molecular flexibility index (Phi) is 5.66. The van der Waals surface area contributed by atoms with Gasteiger partial charge in [0, 0.05) is 11.1 Å². The van der Waals surface area contributed by atoms with Crippen LogP contribution in [0.15, 0.2) is 35.9 Å². The van der Waals surface area contributed by atoms with Crippen molar-refractivity contribution >= 4 is 5.91 Å². The number of likely N-dealkylation sites (N-methyl/N-ethyl adjacent to an activating group) is 1. The van der Waals surface area contributed by atoms with Crippen molar-refractivity contribution in [2.45, 2.75) is 93.9 Å². The van der Waals surface area contributed by atoms with E-state index in [1.165, 1.54) is 12.7 Å². The standard InChI is InChI=1S/C28H35F3N2O2/c1-25-12-14-26(2,33(25)3)27(15-13-25,19-8-6-5-7-9-19)32-24(34)23-21(18-10-11-18)16-20(28(29,30)31)17-22(23)35-4/h5-6,8,16-18H,7,9-15H2,1-4H3,(H,32,34)/t25-,26+,27+/m0/s1. The van der Waals surface area contributed by atoms with Gasteiger partial charge in [-0.3, -0.25) is 9.69 Å². The molecule has 2 aliphatic carbocycles. The zero-order valence-electron chi connectivity index (χ0n) is 21.0. The quantitative estimate of drug-likeness (QED) is 0.523. The Bertz CT molecular complexity index is 1110. The highest BCUT2D eigenvalue weighted by atomic mass is 19.4. The molecular formula is C28H35F3N2O2. The van der Waals surface area contributed by atoms with Gasteiger partial charge in [0.1, 0.15) is 5.75 Å². The molecule has 1 aromatic rings. The van der Waals surface area contributed by atoms with Crippen LogP contribution in [0.25, 0.3) is 0 Å². The Hall–Kier alpha value is -2.28. The lowest BCUT2D eigenvalue weighted by atomic mass is 9.64. The van der Waals surface area contributed by atoms with Crippen LogP contribution in [-0.4, -0.2) is 41.6 Å². The number of piperidine rings is 1. The van der Waals surface area contributed by atoms with Crippen LogP contribution < -0.4 is 10.1 Å². The fourth-order valence-electron chi connectivity index (χ4n) is 6.88. The van der Waals surface area contributed by atoms with E-state index in [-0.39, 0.29) is 34.2 Å². The van der Waals surface area contributed by atoms with E-state index < -0.39 is 17.3 Å². The first kappa shape index (κ1) is 24.4. The molecule has 4 nitrogen and oxygen atoms in total. The molecule has 2 bridgehead atoms. The zero-order valence-corrected chi connectivity index (χ0v) is 21.0. The minimum atomic E-state index is -4.50. The van der Waals surface area contributed by atoms with Crippen LogP contribution >= 0.6 is 0 Å². The summed E-state index contributed by atoms with van der Waals surface area (Å²) >= 11 is 0. The third-order valence-corrected chi connectivity index (χ3v) is 9.47. The van der Waals surface area contributed by atoms with Crippen molar-refractivity contribution in [2.24, 2.45) is 0 Å². The summed E-state index contributed by atoms with van der Waals surface area (Å²) in [5, 5.41) is 3.45. The molecule has 0 spiro atoms. The van der Waals surface area contributed by atoms with Crippen LogP contribution in [0.4, 0.5) is 13.2 Å². The summed E-state index contributed by atoms with van der Waals surface area (Å²) in [5.74, 6) is -0.380. The predicted molar refractivity (Wildman–Crippen MR) is 130 cm³/mol. The molecule has 0 radical (unpaired) electrons. The van der Waals surface area contributed by atoms with Crippen molar-refractivity contribution in [3.8, 4) is 5.75 Å². The topological polar surface area (TPSA) is 41.6 Å². The summed E-state index contributed by atoms with van der Waals surface area (Å²) in [4.78, 5) is 16.6. The number of rotatable bonds is 5. The minimum Gasteiger partial charge on any atom is -0.496 e. The maximum Gasteiger partial charge on any atom is 0.416 e. The molecule has 2 aliphatic heterocycles. The molecule has 2 heterocycles. The van der Waals surface area contributed by atoms with Crippen LogP contribution in [0.5, 0.6) is 5.75 Å². The van der Waals surface area contributed by atoms with Gasteiger partial charge in [0.2, 0.25) is 0 Å². The molecule has 5 rings (SSSR count). The first-order valence-corrected chi connectivity index (χ1v) is 12.7. The minimum absolute atomic E-state index is 0.00234. The largest absolute Gasteiger partial charge is 0.496 e. The number of allylic oxidation sites excluding steroid dienone is 3. The van der Waals surface area contributed by atoms with E-state index in [9.17, 15) is 18.0 Å². The fraction of sp³-hybridized carbons (Fsp3) is 0.607. The van der Waals surface area contributed by atoms with Crippen molar-refractivity contribution in [1.82, 2.24) is 10.2 Å². The number of methoxy groups -OCH3 is 1. The highest BCUT2D eigenvalue weighted by Gasteiger charge is 2.64. The van der Waals surface area contributed by atoms with Gasteiger partial charge < -0.3 is 10.1 Å². The molecular weight excluding hydrogens is 453 g/mol. The normalized spacial score (nSPS) is 32.9. The molecule has 7 heteroatoms. The SMILES string of the molecule is COc1cc(C(F)(F)F)cc(C2CC2)c1C(=O)N[C@@]1(C2=CC=CCC2)CC[C@]2(C)CC[C@@]1(C)N2C. The van der Waals surface area contributed by atoms with Gasteiger partial charge in [-0.2, -0.15) is 13.2 Å². The molecule has 1 saturated carbocycles. The monoisotopic (exact) mass is 488 g/mol. The zero-order chi connectivity index (χ0) is 25.2. The molecule has 1 amide bonds. The summed E-state index contributed by atoms with van der Waals surface area (Å²) in [7, 11) is 3.49. The van der Waals surface area contributed by atoms with E-state index in [0.717, 1.165) is 63.5 Å². The summed E-state index contributed by atoms with van der Waals surface area (Å²) in [6, 6.07) is 2.13. The average Bonchev–Trinajstić information content (AvgIpc) is 3.66. The van der Waals surface area contributed by atoms with Crippen LogP contribution in [-0.2, 0) is 6.18 Å². The molecule has 0 aromatic heterocycles. The lowest BCUT2D eigenvalue weighted by Crippen LogP contribution is -2.73. The van der Waals surface area contributed by atoms with E-state index in [2.05, 4.69) is 49.3 Å². The summed E-state index contributed by atoms with van der Waals surface area (Å²) < 4.78 is 46.3. The van der Waals surface area contributed by atoms with E-state index in [1.807, 2.05) is 0 Å². The van der Waals surface area contributed by atoms with Gasteiger partial charge in [0.05, 0.1) is 23.8 Å². The lowest BCUT2D eigenvalue weighted by molar-refractivity contribution is -0.137. The Morgan fingerprint density at radius 1 is 1.14 bits per heavy atom. The molecule has 190 valence electrons. The molecule has 3 atom stereocenters. The molecule has 2 saturated heterocycles. The number of hydrogen-bond donors (Lipinski definition) is 1. The van der Waals surface area contributed by atoms with Crippen LogP contribution in [0.2, 0.25) is 0 Å². The molecule has 1 aromatic carbocycles. The average molecular weight is 489 g/mol. The molecule has 35 heavy (non-hydrogen) atoms. The number of ether oxygens (including phenoxy) is 1. The van der Waals surface area contributed by atoms with E-state index in [4.69, 9.17) is 4.74 Å². The maximum absolute atomic E-state index is 14.1. The number of amides is 1. The molecule has 4 aliphatic rings. The smallest absolute Gasteiger partial charge is 0.416 e. The van der Waals surface area contributed by atoms with E-state index in [1.54, 1.807) is 0 Å². The van der Waals surface area contributed by atoms with Gasteiger partial charge in [-0.15, -0.1) is 0 Å². The number of nitrogens with one attached hydrogen (secondary N) is 1. The molecule has 0 unspecified atom stereocenters. The predicted octanol–water partition coefficient (Wildman–Crippen LogP) is 6.37. The second-order valence-electron chi connectivity index (χ2n) is 11.3. The summed E-state index contributed by atoms with van der Waals surface area (Å²) in [5.41, 5.74) is 0.322. The van der Waals surface area contributed by atoms with Crippen molar-refractivity contribution < 1.29 is 22.7 Å². The van der Waals surface area contributed by atoms with E-state index >= 15 is 0 Å². The second-order valence-corrected chi connectivity index (χ2v) is 11.3. The summed E-state index contributed by atoms with van der Waals surface area (Å²) in [6.45, 7) is 4.53. The van der Waals surface area contributed by atoms with Gasteiger partial charge in [-0.1, -0.05) is 18.2 Å². The number of carbonyl (C=O) groups is 1. The van der Waals surface area contributed by atoms with Crippen LogP contribution in [0.1, 0.15) is 92.6 Å². The first-order valence-electron chi connectivity index (χ1n) is 12.7. The lowest BCUT2D eigenvalue weighted by Gasteiger charge is -2.59. The Labute approximate surface area is 205 Å². The third kappa shape index (κ3) is 3.73. The van der Waals surface area contributed by atoms with Gasteiger partial charge in [0.15, 0.2) is 0 Å². The number of benzene rings is 1. The number of alkyl halides is 3.